The van der Waals surface area contributed by atoms with E-state index in [4.69, 9.17) is 0 Å². The summed E-state index contributed by atoms with van der Waals surface area (Å²) in [6.07, 6.45) is 3.27. The van der Waals surface area contributed by atoms with Crippen molar-refractivity contribution in [3.8, 4) is 0 Å². The maximum atomic E-state index is 12.5. The van der Waals surface area contributed by atoms with Crippen molar-refractivity contribution in [1.29, 1.82) is 0 Å². The van der Waals surface area contributed by atoms with Gasteiger partial charge in [0, 0.05) is 29.0 Å². The van der Waals surface area contributed by atoms with Crippen molar-refractivity contribution < 1.29 is 18.3 Å². The van der Waals surface area contributed by atoms with E-state index in [9.17, 15) is 23.1 Å². The Kier molecular flexibility index (Phi) is 3.44. The van der Waals surface area contributed by atoms with Crippen LogP contribution in [0.1, 0.15) is 23.2 Å². The third-order valence-electron chi connectivity index (χ3n) is 4.42. The maximum absolute atomic E-state index is 12.5. The third kappa shape index (κ3) is 2.71. The second-order valence-corrected chi connectivity index (χ2v) is 7.98. The number of carboxylic acids is 1. The molecule has 0 bridgehead atoms. The van der Waals surface area contributed by atoms with E-state index in [1.54, 1.807) is 0 Å². The number of pyridine rings is 1. The van der Waals surface area contributed by atoms with Gasteiger partial charge in [0.05, 0.1) is 10.5 Å². The molecule has 0 saturated heterocycles. The number of carbonyl (C=O) groups is 1. The molecule has 9 heteroatoms. The van der Waals surface area contributed by atoms with Crippen molar-refractivity contribution in [2.75, 3.05) is 6.54 Å². The Bertz CT molecular complexity index is 1170. The van der Waals surface area contributed by atoms with Crippen molar-refractivity contribution in [2.45, 2.75) is 17.7 Å². The van der Waals surface area contributed by atoms with Crippen LogP contribution in [0.4, 0.5) is 0 Å². The van der Waals surface area contributed by atoms with E-state index in [0.717, 1.165) is 12.8 Å². The number of fused-ring (bicyclic) bond motifs is 3. The van der Waals surface area contributed by atoms with Crippen molar-refractivity contribution in [3.05, 3.63) is 40.3 Å². The number of aromatic carboxylic acids is 1. The topological polar surface area (TPSA) is 132 Å². The second-order valence-electron chi connectivity index (χ2n) is 6.21. The molecule has 0 aliphatic heterocycles. The Morgan fingerprint density at radius 3 is 2.76 bits per heavy atom. The summed E-state index contributed by atoms with van der Waals surface area (Å²) in [5.74, 6) is -0.806. The molecule has 4 rings (SSSR count). The molecule has 0 amide bonds. The number of rotatable bonds is 5. The molecule has 130 valence electrons. The Hall–Kier alpha value is -2.65. The zero-order valence-electron chi connectivity index (χ0n) is 13.0. The van der Waals surface area contributed by atoms with Gasteiger partial charge in [-0.05, 0) is 37.0 Å². The first-order valence-corrected chi connectivity index (χ1v) is 9.25. The van der Waals surface area contributed by atoms with Crippen LogP contribution in [0, 0.1) is 5.92 Å². The van der Waals surface area contributed by atoms with Crippen LogP contribution >= 0.6 is 0 Å². The van der Waals surface area contributed by atoms with Gasteiger partial charge < -0.3 is 15.1 Å². The number of benzene rings is 1. The number of carboxylic acid groups (broad SMARTS) is 1. The molecule has 4 N–H and O–H groups in total. The summed E-state index contributed by atoms with van der Waals surface area (Å²) in [6.45, 7) is 0.395. The fraction of sp³-hybridized carbons (Fsp3) is 0.250. The molecule has 1 aromatic carbocycles. The minimum absolute atomic E-state index is 0.0338. The first kappa shape index (κ1) is 15.9. The Morgan fingerprint density at radius 1 is 1.32 bits per heavy atom. The lowest BCUT2D eigenvalue weighted by Gasteiger charge is -2.08. The van der Waals surface area contributed by atoms with E-state index in [2.05, 4.69) is 14.7 Å². The van der Waals surface area contributed by atoms with Gasteiger partial charge in [-0.1, -0.05) is 0 Å². The fourth-order valence-electron chi connectivity index (χ4n) is 2.87. The molecule has 1 aliphatic carbocycles. The van der Waals surface area contributed by atoms with Crippen molar-refractivity contribution in [3.63, 3.8) is 0 Å². The molecular weight excluding hydrogens is 346 g/mol. The third-order valence-corrected chi connectivity index (χ3v) is 5.84. The molecule has 1 saturated carbocycles. The highest BCUT2D eigenvalue weighted by atomic mass is 32.2. The maximum Gasteiger partial charge on any atom is 0.337 e. The smallest absolute Gasteiger partial charge is 0.337 e. The second kappa shape index (κ2) is 5.43. The monoisotopic (exact) mass is 361 g/mol. The first-order chi connectivity index (χ1) is 11.9. The van der Waals surface area contributed by atoms with Gasteiger partial charge in [-0.2, -0.15) is 0 Å². The lowest BCUT2D eigenvalue weighted by Crippen LogP contribution is -2.25. The Morgan fingerprint density at radius 2 is 2.08 bits per heavy atom. The molecule has 0 unspecified atom stereocenters. The highest BCUT2D eigenvalue weighted by Gasteiger charge is 2.25. The van der Waals surface area contributed by atoms with Crippen LogP contribution in [0.15, 0.2) is 34.1 Å². The molecule has 0 atom stereocenters. The van der Waals surface area contributed by atoms with Crippen molar-refractivity contribution >= 4 is 37.8 Å². The Balaban J connectivity index is 1.93. The minimum Gasteiger partial charge on any atom is -0.478 e. The summed E-state index contributed by atoms with van der Waals surface area (Å²) < 4.78 is 27.5. The van der Waals surface area contributed by atoms with E-state index in [1.165, 1.54) is 24.4 Å². The molecule has 0 radical (unpaired) electrons. The first-order valence-electron chi connectivity index (χ1n) is 7.77. The SMILES string of the molecule is O=C(O)c1c[nH]c2c(=O)[nH]c3ccc(S(=O)(=O)NCC4CC4)cc3c12. The normalized spacial score (nSPS) is 15.0. The van der Waals surface area contributed by atoms with Crippen LogP contribution in [0.25, 0.3) is 21.8 Å². The summed E-state index contributed by atoms with van der Waals surface area (Å²) in [7, 11) is -3.70. The molecule has 2 heterocycles. The molecule has 8 nitrogen and oxygen atoms in total. The van der Waals surface area contributed by atoms with Crippen molar-refractivity contribution in [2.24, 2.45) is 5.92 Å². The van der Waals surface area contributed by atoms with Crippen molar-refractivity contribution in [1.82, 2.24) is 14.7 Å². The number of H-pyrrole nitrogens is 2. The fourth-order valence-corrected chi connectivity index (χ4v) is 4.02. The van der Waals surface area contributed by atoms with E-state index >= 15 is 0 Å². The predicted molar refractivity (Wildman–Crippen MR) is 91.3 cm³/mol. The molecular formula is C16H15N3O5S. The van der Waals surface area contributed by atoms with Crippen LogP contribution in [-0.2, 0) is 10.0 Å². The molecule has 3 aromatic rings. The van der Waals surface area contributed by atoms with Gasteiger partial charge in [-0.3, -0.25) is 4.79 Å². The van der Waals surface area contributed by atoms with E-state index < -0.39 is 21.6 Å². The van der Waals surface area contributed by atoms with Crippen LogP contribution < -0.4 is 10.3 Å². The van der Waals surface area contributed by atoms with Gasteiger partial charge in [-0.15, -0.1) is 0 Å². The highest BCUT2D eigenvalue weighted by molar-refractivity contribution is 7.89. The van der Waals surface area contributed by atoms with Gasteiger partial charge >= 0.3 is 5.97 Å². The number of aromatic nitrogens is 2. The largest absolute Gasteiger partial charge is 0.478 e. The average Bonchev–Trinajstić information content (AvgIpc) is 3.28. The predicted octanol–water partition coefficient (Wildman–Crippen LogP) is 1.40. The van der Waals surface area contributed by atoms with E-state index in [-0.39, 0.29) is 21.4 Å². The number of sulfonamides is 1. The lowest BCUT2D eigenvalue weighted by molar-refractivity contribution is 0.0699. The molecule has 0 spiro atoms. The van der Waals surface area contributed by atoms with Gasteiger partial charge in [0.2, 0.25) is 10.0 Å². The number of hydrogen-bond acceptors (Lipinski definition) is 4. The summed E-state index contributed by atoms with van der Waals surface area (Å²) in [6, 6.07) is 4.26. The zero-order valence-corrected chi connectivity index (χ0v) is 13.8. The number of nitrogens with one attached hydrogen (secondary N) is 3. The molecule has 2 aromatic heterocycles. The summed E-state index contributed by atoms with van der Waals surface area (Å²) >= 11 is 0. The molecule has 25 heavy (non-hydrogen) atoms. The van der Waals surface area contributed by atoms with Gasteiger partial charge in [-0.25, -0.2) is 17.9 Å². The van der Waals surface area contributed by atoms with E-state index in [1.807, 2.05) is 0 Å². The van der Waals surface area contributed by atoms with E-state index in [0.29, 0.717) is 23.4 Å². The minimum atomic E-state index is -3.70. The van der Waals surface area contributed by atoms with Crippen LogP contribution in [0.2, 0.25) is 0 Å². The zero-order chi connectivity index (χ0) is 17.8. The van der Waals surface area contributed by atoms with Gasteiger partial charge in [0.1, 0.15) is 5.52 Å². The standard InChI is InChI=1S/C16H15N3O5S/c20-15-14-13(11(7-17-14)16(21)22)10-5-9(3-4-12(10)19-15)25(23,24)18-6-8-1-2-8/h3-5,7-8,17-18H,1-2,6H2,(H,19,20)(H,21,22). The summed E-state index contributed by atoms with van der Waals surface area (Å²) in [5.41, 5.74) is -0.0600. The highest BCUT2D eigenvalue weighted by Crippen LogP contribution is 2.29. The Labute approximate surface area is 141 Å². The quantitative estimate of drug-likeness (QED) is 0.545. The number of aromatic amines is 2. The molecule has 1 fully saturated rings. The average molecular weight is 361 g/mol. The summed E-state index contributed by atoms with van der Waals surface area (Å²) in [5, 5.41) is 9.90. The van der Waals surface area contributed by atoms with Gasteiger partial charge in [0.25, 0.3) is 5.56 Å². The van der Waals surface area contributed by atoms with Crippen LogP contribution in [-0.4, -0.2) is 36.0 Å². The molecule has 1 aliphatic rings. The lowest BCUT2D eigenvalue weighted by atomic mass is 10.1. The van der Waals surface area contributed by atoms with Gasteiger partial charge in [0.15, 0.2) is 0 Å². The summed E-state index contributed by atoms with van der Waals surface area (Å²) in [4.78, 5) is 28.8. The van der Waals surface area contributed by atoms with Crippen LogP contribution in [0.5, 0.6) is 0 Å². The number of hydrogen-bond donors (Lipinski definition) is 4. The van der Waals surface area contributed by atoms with Crippen LogP contribution in [0.3, 0.4) is 0 Å².